The Bertz CT molecular complexity index is 494. The van der Waals surface area contributed by atoms with Gasteiger partial charge in [-0.25, -0.2) is 4.79 Å². The molecule has 0 aromatic heterocycles. The van der Waals surface area contributed by atoms with Crippen LogP contribution in [0.5, 0.6) is 17.2 Å². The van der Waals surface area contributed by atoms with Gasteiger partial charge in [0.2, 0.25) is 5.75 Å². The number of rotatable bonds is 13. The van der Waals surface area contributed by atoms with Crippen molar-refractivity contribution in [1.82, 2.24) is 0 Å². The van der Waals surface area contributed by atoms with Gasteiger partial charge >= 0.3 is 5.97 Å². The van der Waals surface area contributed by atoms with Gasteiger partial charge in [-0.2, -0.15) is 0 Å². The molecular formula is C17H32N3O5+3. The van der Waals surface area contributed by atoms with E-state index in [0.717, 1.165) is 38.9 Å². The van der Waals surface area contributed by atoms with Gasteiger partial charge in [-0.05, 0) is 12.1 Å². The van der Waals surface area contributed by atoms with Gasteiger partial charge in [0.15, 0.2) is 11.5 Å². The summed E-state index contributed by atoms with van der Waals surface area (Å²) >= 11 is 0. The topological polar surface area (TPSA) is 137 Å². The molecule has 1 rings (SSSR count). The minimum atomic E-state index is -0.451. The Hall–Kier alpha value is -2.03. The number of hydrogen-bond donors (Lipinski definition) is 3. The normalized spacial score (nSPS) is 10.4. The summed E-state index contributed by atoms with van der Waals surface area (Å²) in [6.45, 7) is 3.77. The van der Waals surface area contributed by atoms with Crippen molar-refractivity contribution in [2.45, 2.75) is 19.3 Å². The zero-order valence-corrected chi connectivity index (χ0v) is 15.2. The molecule has 0 amide bonds. The first-order chi connectivity index (χ1) is 12.2. The summed E-state index contributed by atoms with van der Waals surface area (Å²) in [6, 6.07) is 3.26. The van der Waals surface area contributed by atoms with Gasteiger partial charge < -0.3 is 36.1 Å². The Morgan fingerprint density at radius 2 is 1.28 bits per heavy atom. The molecule has 8 nitrogen and oxygen atoms in total. The molecule has 0 bridgehead atoms. The molecule has 0 atom stereocenters. The number of methoxy groups -OCH3 is 1. The predicted molar refractivity (Wildman–Crippen MR) is 91.4 cm³/mol. The fraction of sp³-hybridized carbons (Fsp3) is 0.588. The summed E-state index contributed by atoms with van der Waals surface area (Å²) in [7, 11) is 1.34. The van der Waals surface area contributed by atoms with E-state index >= 15 is 0 Å². The van der Waals surface area contributed by atoms with E-state index in [9.17, 15) is 4.79 Å². The highest BCUT2D eigenvalue weighted by molar-refractivity contribution is 5.91. The van der Waals surface area contributed by atoms with Crippen LogP contribution in [0.2, 0.25) is 0 Å². The van der Waals surface area contributed by atoms with Crippen molar-refractivity contribution < 1.29 is 40.9 Å². The summed E-state index contributed by atoms with van der Waals surface area (Å²) in [5.74, 6) is 1.01. The van der Waals surface area contributed by atoms with Crippen molar-refractivity contribution in [2.24, 2.45) is 0 Å². The standard InChI is InChI=1S/C17H29N3O5/c1-22-17(21)13-11-14(23-8-2-5-18)16(25-10-4-7-20)15(12-13)24-9-3-6-19/h11-12H,2-10,18-20H2,1H3/p+3. The highest BCUT2D eigenvalue weighted by Crippen LogP contribution is 2.39. The van der Waals surface area contributed by atoms with Crippen molar-refractivity contribution in [2.75, 3.05) is 46.6 Å². The maximum Gasteiger partial charge on any atom is 0.338 e. The van der Waals surface area contributed by atoms with E-state index in [2.05, 4.69) is 17.2 Å². The number of carbonyl (C=O) groups is 1. The zero-order chi connectivity index (χ0) is 18.5. The molecule has 8 heteroatoms. The highest BCUT2D eigenvalue weighted by atomic mass is 16.5. The Kier molecular flexibility index (Phi) is 10.4. The summed E-state index contributed by atoms with van der Waals surface area (Å²) in [5, 5.41) is 0. The van der Waals surface area contributed by atoms with Gasteiger partial charge in [-0.3, -0.25) is 0 Å². The minimum Gasteiger partial charge on any atom is -0.489 e. The number of hydrogen-bond acceptors (Lipinski definition) is 5. The molecular weight excluding hydrogens is 326 g/mol. The van der Waals surface area contributed by atoms with E-state index in [0.29, 0.717) is 42.6 Å². The lowest BCUT2D eigenvalue weighted by molar-refractivity contribution is -0.369. The van der Waals surface area contributed by atoms with E-state index in [4.69, 9.17) is 18.9 Å². The summed E-state index contributed by atoms with van der Waals surface area (Å²) in [6.07, 6.45) is 2.42. The van der Waals surface area contributed by atoms with Crippen LogP contribution in [0.25, 0.3) is 0 Å². The van der Waals surface area contributed by atoms with E-state index < -0.39 is 5.97 Å². The quantitative estimate of drug-likeness (QED) is 0.291. The van der Waals surface area contributed by atoms with Gasteiger partial charge in [-0.15, -0.1) is 0 Å². The van der Waals surface area contributed by atoms with Crippen molar-refractivity contribution in [3.63, 3.8) is 0 Å². The Morgan fingerprint density at radius 1 is 0.840 bits per heavy atom. The van der Waals surface area contributed by atoms with Crippen molar-refractivity contribution >= 4 is 5.97 Å². The molecule has 0 saturated carbocycles. The smallest absolute Gasteiger partial charge is 0.338 e. The van der Waals surface area contributed by atoms with E-state index in [1.54, 1.807) is 12.1 Å². The molecule has 25 heavy (non-hydrogen) atoms. The van der Waals surface area contributed by atoms with Crippen LogP contribution in [0.15, 0.2) is 12.1 Å². The fourth-order valence-electron chi connectivity index (χ4n) is 2.01. The lowest BCUT2D eigenvalue weighted by Crippen LogP contribution is -2.50. The Morgan fingerprint density at radius 3 is 1.68 bits per heavy atom. The number of carbonyl (C=O) groups excluding carboxylic acids is 1. The molecule has 1 aromatic carbocycles. The van der Waals surface area contributed by atoms with E-state index in [1.165, 1.54) is 7.11 Å². The summed E-state index contributed by atoms with van der Waals surface area (Å²) < 4.78 is 22.3. The molecule has 0 unspecified atom stereocenters. The first-order valence-electron chi connectivity index (χ1n) is 8.70. The second-order valence-corrected chi connectivity index (χ2v) is 5.46. The fourth-order valence-corrected chi connectivity index (χ4v) is 2.01. The van der Waals surface area contributed by atoms with Gasteiger partial charge in [0, 0.05) is 19.3 Å². The Labute approximate surface area is 148 Å². The first-order valence-corrected chi connectivity index (χ1v) is 8.70. The number of quaternary nitrogens is 3. The molecule has 9 N–H and O–H groups in total. The second-order valence-electron chi connectivity index (χ2n) is 5.46. The molecule has 0 heterocycles. The van der Waals surface area contributed by atoms with E-state index in [-0.39, 0.29) is 0 Å². The lowest BCUT2D eigenvalue weighted by Gasteiger charge is -2.18. The molecule has 1 aromatic rings. The third-order valence-corrected chi connectivity index (χ3v) is 3.39. The van der Waals surface area contributed by atoms with Crippen LogP contribution >= 0.6 is 0 Å². The van der Waals surface area contributed by atoms with E-state index in [1.807, 2.05) is 0 Å². The zero-order valence-electron chi connectivity index (χ0n) is 15.2. The average Bonchev–Trinajstić information content (AvgIpc) is 2.63. The van der Waals surface area contributed by atoms with Gasteiger partial charge in [0.05, 0.1) is 52.1 Å². The minimum absolute atomic E-state index is 0.362. The maximum absolute atomic E-state index is 11.9. The Balaban J connectivity index is 3.14. The molecule has 0 aliphatic rings. The van der Waals surface area contributed by atoms with Crippen LogP contribution in [0.4, 0.5) is 0 Å². The molecule has 0 radical (unpaired) electrons. The monoisotopic (exact) mass is 358 g/mol. The number of esters is 1. The van der Waals surface area contributed by atoms with Gasteiger partial charge in [-0.1, -0.05) is 0 Å². The molecule has 142 valence electrons. The summed E-state index contributed by atoms with van der Waals surface area (Å²) in [4.78, 5) is 11.9. The SMILES string of the molecule is COC(=O)c1cc(OCCC[NH3+])c(OCCC[NH3+])c(OCCC[NH3+])c1. The van der Waals surface area contributed by atoms with Crippen molar-refractivity contribution in [3.8, 4) is 17.2 Å². The van der Waals surface area contributed by atoms with Crippen LogP contribution < -0.4 is 31.4 Å². The van der Waals surface area contributed by atoms with Crippen molar-refractivity contribution in [3.05, 3.63) is 17.7 Å². The molecule has 0 saturated heterocycles. The number of benzene rings is 1. The van der Waals surface area contributed by atoms with Crippen LogP contribution in [-0.4, -0.2) is 52.5 Å². The predicted octanol–water partition coefficient (Wildman–Crippen LogP) is -1.49. The molecule has 0 spiro atoms. The van der Waals surface area contributed by atoms with Crippen LogP contribution in [0.1, 0.15) is 29.6 Å². The van der Waals surface area contributed by atoms with Gasteiger partial charge in [0.25, 0.3) is 0 Å². The van der Waals surface area contributed by atoms with Gasteiger partial charge in [0.1, 0.15) is 0 Å². The highest BCUT2D eigenvalue weighted by Gasteiger charge is 2.19. The maximum atomic E-state index is 11.9. The number of ether oxygens (including phenoxy) is 4. The van der Waals surface area contributed by atoms with Crippen LogP contribution in [0, 0.1) is 0 Å². The lowest BCUT2D eigenvalue weighted by atomic mass is 10.2. The third-order valence-electron chi connectivity index (χ3n) is 3.39. The first kappa shape index (κ1) is 21.0. The third kappa shape index (κ3) is 7.16. The van der Waals surface area contributed by atoms with Crippen LogP contribution in [-0.2, 0) is 4.74 Å². The molecule has 0 aliphatic carbocycles. The molecule has 0 fully saturated rings. The van der Waals surface area contributed by atoms with Crippen molar-refractivity contribution in [1.29, 1.82) is 0 Å². The average molecular weight is 358 g/mol. The molecule has 0 aliphatic heterocycles. The van der Waals surface area contributed by atoms with Crippen LogP contribution in [0.3, 0.4) is 0 Å². The summed E-state index contributed by atoms with van der Waals surface area (Å²) in [5.41, 5.74) is 11.8. The second kappa shape index (κ2) is 12.3. The largest absolute Gasteiger partial charge is 0.489 e.